The van der Waals surface area contributed by atoms with Crippen LogP contribution >= 0.6 is 0 Å². The highest BCUT2D eigenvalue weighted by atomic mass is 32.2. The number of aryl methyl sites for hydroxylation is 1. The van der Waals surface area contributed by atoms with Crippen molar-refractivity contribution in [3.63, 3.8) is 0 Å². The number of sulfonamides is 1. The molecule has 0 aromatic heterocycles. The molecule has 7 heteroatoms. The van der Waals surface area contributed by atoms with Crippen LogP contribution in [0.3, 0.4) is 0 Å². The van der Waals surface area contributed by atoms with Crippen LogP contribution in [-0.2, 0) is 14.8 Å². The zero-order valence-electron chi connectivity index (χ0n) is 15.7. The van der Waals surface area contributed by atoms with Crippen LogP contribution < -0.4 is 9.46 Å². The van der Waals surface area contributed by atoms with E-state index in [9.17, 15) is 8.42 Å². The van der Waals surface area contributed by atoms with Gasteiger partial charge in [-0.05, 0) is 36.2 Å². The molecule has 1 unspecified atom stereocenters. The van der Waals surface area contributed by atoms with E-state index in [-0.39, 0.29) is 11.0 Å². The Labute approximate surface area is 161 Å². The number of hydrogen-bond donors (Lipinski definition) is 1. The summed E-state index contributed by atoms with van der Waals surface area (Å²) in [5, 5.41) is 0. The number of methoxy groups -OCH3 is 1. The summed E-state index contributed by atoms with van der Waals surface area (Å²) in [5.74, 6) is 0.645. The van der Waals surface area contributed by atoms with Crippen molar-refractivity contribution in [1.82, 2.24) is 9.62 Å². The molecule has 27 heavy (non-hydrogen) atoms. The van der Waals surface area contributed by atoms with Gasteiger partial charge in [0.05, 0.1) is 24.7 Å². The van der Waals surface area contributed by atoms with Gasteiger partial charge in [0, 0.05) is 26.2 Å². The van der Waals surface area contributed by atoms with Crippen molar-refractivity contribution >= 4 is 10.0 Å². The first kappa shape index (κ1) is 19.8. The number of benzene rings is 2. The highest BCUT2D eigenvalue weighted by molar-refractivity contribution is 7.89. The molecule has 1 fully saturated rings. The number of hydrogen-bond acceptors (Lipinski definition) is 5. The minimum Gasteiger partial charge on any atom is -0.497 e. The van der Waals surface area contributed by atoms with Crippen LogP contribution in [0.15, 0.2) is 53.4 Å². The van der Waals surface area contributed by atoms with Crippen LogP contribution in [0.4, 0.5) is 0 Å². The number of nitrogens with zero attached hydrogens (tertiary/aromatic N) is 1. The fourth-order valence-electron chi connectivity index (χ4n) is 3.24. The molecule has 1 saturated heterocycles. The second-order valence-electron chi connectivity index (χ2n) is 6.60. The first-order valence-corrected chi connectivity index (χ1v) is 10.5. The molecule has 0 radical (unpaired) electrons. The van der Waals surface area contributed by atoms with Crippen LogP contribution in [0, 0.1) is 6.92 Å². The minimum absolute atomic E-state index is 0.0281. The number of ether oxygens (including phenoxy) is 2. The van der Waals surface area contributed by atoms with Gasteiger partial charge in [0.25, 0.3) is 0 Å². The molecule has 1 atom stereocenters. The molecule has 3 rings (SSSR count). The molecular formula is C20H26N2O4S. The molecule has 0 saturated carbocycles. The summed E-state index contributed by atoms with van der Waals surface area (Å²) in [4.78, 5) is 2.51. The largest absolute Gasteiger partial charge is 0.497 e. The molecule has 1 aliphatic rings. The average Bonchev–Trinajstić information content (AvgIpc) is 2.68. The molecule has 0 aliphatic carbocycles. The monoisotopic (exact) mass is 390 g/mol. The Balaban J connectivity index is 1.56. The van der Waals surface area contributed by atoms with Crippen molar-refractivity contribution < 1.29 is 17.9 Å². The van der Waals surface area contributed by atoms with Gasteiger partial charge in [-0.1, -0.05) is 30.3 Å². The molecule has 0 amide bonds. The normalized spacial score (nSPS) is 18.4. The maximum Gasteiger partial charge on any atom is 0.240 e. The summed E-state index contributed by atoms with van der Waals surface area (Å²) < 4.78 is 38.9. The smallest absolute Gasteiger partial charge is 0.240 e. The van der Waals surface area contributed by atoms with Crippen molar-refractivity contribution in [3.05, 3.63) is 59.7 Å². The zero-order chi connectivity index (χ0) is 19.3. The third-order valence-corrected chi connectivity index (χ3v) is 6.33. The molecular weight excluding hydrogens is 364 g/mol. The van der Waals surface area contributed by atoms with E-state index in [0.29, 0.717) is 31.0 Å². The van der Waals surface area contributed by atoms with Gasteiger partial charge in [0.15, 0.2) is 0 Å². The number of rotatable bonds is 7. The highest BCUT2D eigenvalue weighted by Crippen LogP contribution is 2.22. The summed E-state index contributed by atoms with van der Waals surface area (Å²) in [7, 11) is -1.98. The van der Waals surface area contributed by atoms with Crippen LogP contribution in [0.2, 0.25) is 0 Å². The van der Waals surface area contributed by atoms with E-state index in [0.717, 1.165) is 18.7 Å². The molecule has 6 nitrogen and oxygen atoms in total. The first-order chi connectivity index (χ1) is 13.0. The van der Waals surface area contributed by atoms with Crippen LogP contribution in [-0.4, -0.2) is 53.2 Å². The Hall–Kier alpha value is -1.93. The summed E-state index contributed by atoms with van der Waals surface area (Å²) in [5.41, 5.74) is 1.81. The van der Waals surface area contributed by atoms with Crippen molar-refractivity contribution in [2.24, 2.45) is 0 Å². The molecule has 2 aromatic rings. The molecule has 1 aliphatic heterocycles. The van der Waals surface area contributed by atoms with Gasteiger partial charge in [-0.25, -0.2) is 13.1 Å². The Morgan fingerprint density at radius 1 is 1.22 bits per heavy atom. The summed E-state index contributed by atoms with van der Waals surface area (Å²) in [6.07, 6.45) is 0.0281. The van der Waals surface area contributed by atoms with Gasteiger partial charge in [-0.2, -0.15) is 0 Å². The maximum absolute atomic E-state index is 12.6. The van der Waals surface area contributed by atoms with Gasteiger partial charge < -0.3 is 9.47 Å². The van der Waals surface area contributed by atoms with Gasteiger partial charge in [0.2, 0.25) is 10.0 Å². The maximum atomic E-state index is 12.6. The van der Waals surface area contributed by atoms with Crippen molar-refractivity contribution in [2.75, 3.05) is 39.9 Å². The van der Waals surface area contributed by atoms with Gasteiger partial charge in [0.1, 0.15) is 5.75 Å². The van der Waals surface area contributed by atoms with Gasteiger partial charge in [-0.3, -0.25) is 4.90 Å². The Morgan fingerprint density at radius 2 is 2.00 bits per heavy atom. The summed E-state index contributed by atoms with van der Waals surface area (Å²) >= 11 is 0. The zero-order valence-corrected chi connectivity index (χ0v) is 16.5. The SMILES string of the molecule is COc1ccc(S(=O)(=O)NCCN2CCOC(c3ccccc3)C2)c(C)c1. The number of morpholine rings is 1. The van der Waals surface area contributed by atoms with Crippen LogP contribution in [0.25, 0.3) is 0 Å². The Kier molecular flexibility index (Phi) is 6.49. The predicted molar refractivity (Wildman–Crippen MR) is 104 cm³/mol. The van der Waals surface area contributed by atoms with Gasteiger partial charge in [-0.15, -0.1) is 0 Å². The lowest BCUT2D eigenvalue weighted by molar-refractivity contribution is -0.0291. The lowest BCUT2D eigenvalue weighted by atomic mass is 10.1. The van der Waals surface area contributed by atoms with Gasteiger partial charge >= 0.3 is 0 Å². The third kappa shape index (κ3) is 5.07. The minimum atomic E-state index is -3.55. The second kappa shape index (κ2) is 8.84. The molecule has 1 heterocycles. The molecule has 146 valence electrons. The second-order valence-corrected chi connectivity index (χ2v) is 8.34. The molecule has 1 N–H and O–H groups in total. The van der Waals surface area contributed by atoms with E-state index in [1.807, 2.05) is 18.2 Å². The Morgan fingerprint density at radius 3 is 2.70 bits per heavy atom. The van der Waals surface area contributed by atoms with Crippen molar-refractivity contribution in [2.45, 2.75) is 17.9 Å². The van der Waals surface area contributed by atoms with E-state index < -0.39 is 10.0 Å². The Bertz CT molecular complexity index is 856. The van der Waals surface area contributed by atoms with E-state index >= 15 is 0 Å². The van der Waals surface area contributed by atoms with Crippen LogP contribution in [0.5, 0.6) is 5.75 Å². The predicted octanol–water partition coefficient (Wildman–Crippen LogP) is 2.36. The summed E-state index contributed by atoms with van der Waals surface area (Å²) in [6.45, 7) is 4.96. The number of nitrogens with one attached hydrogen (secondary N) is 1. The quantitative estimate of drug-likeness (QED) is 0.786. The lowest BCUT2D eigenvalue weighted by Crippen LogP contribution is -2.42. The van der Waals surface area contributed by atoms with Crippen molar-refractivity contribution in [1.29, 1.82) is 0 Å². The van der Waals surface area contributed by atoms with E-state index in [4.69, 9.17) is 9.47 Å². The van der Waals surface area contributed by atoms with E-state index in [1.54, 1.807) is 32.2 Å². The van der Waals surface area contributed by atoms with Crippen molar-refractivity contribution in [3.8, 4) is 5.75 Å². The molecule has 2 aromatic carbocycles. The third-order valence-electron chi connectivity index (χ3n) is 4.71. The fourth-order valence-corrected chi connectivity index (χ4v) is 4.49. The first-order valence-electron chi connectivity index (χ1n) is 9.03. The topological polar surface area (TPSA) is 67.9 Å². The summed E-state index contributed by atoms with van der Waals surface area (Å²) in [6, 6.07) is 15.1. The fraction of sp³-hybridized carbons (Fsp3) is 0.400. The van der Waals surface area contributed by atoms with E-state index in [2.05, 4.69) is 21.8 Å². The highest BCUT2D eigenvalue weighted by Gasteiger charge is 2.22. The molecule has 0 bridgehead atoms. The lowest BCUT2D eigenvalue weighted by Gasteiger charge is -2.33. The standard InChI is InChI=1S/C20H26N2O4S/c1-16-14-18(25-2)8-9-20(16)27(23,24)21-10-11-22-12-13-26-19(15-22)17-6-4-3-5-7-17/h3-9,14,19,21H,10-13,15H2,1-2H3. The van der Waals surface area contributed by atoms with E-state index in [1.165, 1.54) is 0 Å². The average molecular weight is 391 g/mol. The molecule has 0 spiro atoms. The van der Waals surface area contributed by atoms with Crippen LogP contribution in [0.1, 0.15) is 17.2 Å².